The Morgan fingerprint density at radius 3 is 2.14 bits per heavy atom. The van der Waals surface area contributed by atoms with E-state index < -0.39 is 17.9 Å². The van der Waals surface area contributed by atoms with E-state index in [4.69, 9.17) is 5.73 Å². The molecule has 0 saturated heterocycles. The molecule has 0 bridgehead atoms. The van der Waals surface area contributed by atoms with E-state index in [9.17, 15) is 14.7 Å². The van der Waals surface area contributed by atoms with Crippen molar-refractivity contribution in [3.63, 3.8) is 0 Å². The molecule has 220 valence electrons. The highest BCUT2D eigenvalue weighted by Crippen LogP contribution is 2.32. The third-order valence-electron chi connectivity index (χ3n) is 7.93. The number of aliphatic hydroxyl groups is 1. The molecule has 4 N–H and O–H groups in total. The molecule has 0 aromatic heterocycles. The summed E-state index contributed by atoms with van der Waals surface area (Å²) in [5, 5.41) is 17.7. The van der Waals surface area contributed by atoms with E-state index in [1.165, 1.54) is 0 Å². The Bertz CT molecular complexity index is 1480. The summed E-state index contributed by atoms with van der Waals surface area (Å²) in [6, 6.07) is 29.4. The molecule has 4 aromatic carbocycles. The lowest BCUT2D eigenvalue weighted by atomic mass is 9.81. The van der Waals surface area contributed by atoms with E-state index in [1.807, 2.05) is 67.3 Å². The molecule has 6 heteroatoms. The van der Waals surface area contributed by atoms with Crippen molar-refractivity contribution in [2.75, 3.05) is 19.6 Å². The zero-order valence-corrected chi connectivity index (χ0v) is 24.9. The predicted octanol–water partition coefficient (Wildman–Crippen LogP) is 6.24. The molecule has 0 fully saturated rings. The number of benzene rings is 4. The maximum Gasteiger partial charge on any atom is 0.254 e. The summed E-state index contributed by atoms with van der Waals surface area (Å²) in [7, 11) is 0. The van der Waals surface area contributed by atoms with Crippen molar-refractivity contribution in [1.29, 1.82) is 0 Å². The predicted molar refractivity (Wildman–Crippen MR) is 171 cm³/mol. The van der Waals surface area contributed by atoms with Gasteiger partial charge < -0.3 is 21.1 Å². The van der Waals surface area contributed by atoms with Crippen molar-refractivity contribution < 1.29 is 14.7 Å². The van der Waals surface area contributed by atoms with Gasteiger partial charge in [-0.1, -0.05) is 92.7 Å². The quantitative estimate of drug-likeness (QED) is 0.169. The number of fused-ring (bicyclic) bond motifs is 1. The molecule has 0 aliphatic heterocycles. The molecule has 3 atom stereocenters. The van der Waals surface area contributed by atoms with Crippen LogP contribution in [0.4, 0.5) is 0 Å². The minimum absolute atomic E-state index is 0.0415. The molecule has 0 aliphatic carbocycles. The lowest BCUT2D eigenvalue weighted by Gasteiger charge is -2.30. The Balaban J connectivity index is 1.72. The fourth-order valence-electron chi connectivity index (χ4n) is 5.87. The van der Waals surface area contributed by atoms with Crippen LogP contribution in [0.3, 0.4) is 0 Å². The fraction of sp³-hybridized carbons (Fsp3) is 0.333. The Morgan fingerprint density at radius 1 is 0.833 bits per heavy atom. The van der Waals surface area contributed by atoms with Crippen LogP contribution in [0.25, 0.3) is 10.8 Å². The van der Waals surface area contributed by atoms with Crippen molar-refractivity contribution in [3.05, 3.63) is 119 Å². The molecule has 4 aromatic rings. The van der Waals surface area contributed by atoms with Crippen LogP contribution < -0.4 is 11.1 Å². The lowest BCUT2D eigenvalue weighted by Crippen LogP contribution is -2.38. The van der Waals surface area contributed by atoms with Crippen LogP contribution in [0.15, 0.2) is 91.0 Å². The minimum atomic E-state index is -0.902. The first-order chi connectivity index (χ1) is 20.3. The Morgan fingerprint density at radius 2 is 1.45 bits per heavy atom. The number of hydrogen-bond acceptors (Lipinski definition) is 4. The average Bonchev–Trinajstić information content (AvgIpc) is 3.01. The molecule has 6 nitrogen and oxygen atoms in total. The maximum atomic E-state index is 14.0. The summed E-state index contributed by atoms with van der Waals surface area (Å²) in [6.45, 7) is 7.66. The highest BCUT2D eigenvalue weighted by Gasteiger charge is 2.31. The molecule has 0 spiro atoms. The highest BCUT2D eigenvalue weighted by atomic mass is 16.3. The second-order valence-corrected chi connectivity index (χ2v) is 11.0. The summed E-state index contributed by atoms with van der Waals surface area (Å²) in [6.07, 6.45) is 1.18. The van der Waals surface area contributed by atoms with Gasteiger partial charge in [-0.3, -0.25) is 9.59 Å². The van der Waals surface area contributed by atoms with Crippen molar-refractivity contribution in [1.82, 2.24) is 10.2 Å². The van der Waals surface area contributed by atoms with Gasteiger partial charge in [0.25, 0.3) is 5.91 Å². The number of hydrogen-bond donors (Lipinski definition) is 3. The SMILES string of the molecule is CCCN(CCC)C(=O)c1cccc(C(N)=O)c1[C@H](Cc1ccccc1)[C@@H](O)CN[C@H](C)c1cccc2ccccc12. The number of primary amides is 1. The second-order valence-electron chi connectivity index (χ2n) is 11.0. The van der Waals surface area contributed by atoms with Gasteiger partial charge in [0.15, 0.2) is 0 Å². The van der Waals surface area contributed by atoms with Gasteiger partial charge in [-0.05, 0) is 65.8 Å². The molecule has 0 aliphatic rings. The van der Waals surface area contributed by atoms with Crippen LogP contribution in [0, 0.1) is 0 Å². The van der Waals surface area contributed by atoms with Crippen LogP contribution in [-0.2, 0) is 6.42 Å². The fourth-order valence-corrected chi connectivity index (χ4v) is 5.87. The summed E-state index contributed by atoms with van der Waals surface area (Å²) >= 11 is 0. The van der Waals surface area contributed by atoms with E-state index in [0.29, 0.717) is 30.6 Å². The van der Waals surface area contributed by atoms with Crippen LogP contribution in [0.2, 0.25) is 0 Å². The Kier molecular flexibility index (Phi) is 10.9. The molecule has 0 saturated carbocycles. The van der Waals surface area contributed by atoms with Crippen molar-refractivity contribution in [2.45, 2.75) is 58.1 Å². The molecular weight excluding hydrogens is 522 g/mol. The first-order valence-electron chi connectivity index (χ1n) is 15.0. The summed E-state index contributed by atoms with van der Waals surface area (Å²) in [5.74, 6) is -1.30. The number of aliphatic hydroxyl groups excluding tert-OH is 1. The maximum absolute atomic E-state index is 14.0. The number of nitrogens with zero attached hydrogens (tertiary/aromatic N) is 1. The van der Waals surface area contributed by atoms with Crippen LogP contribution >= 0.6 is 0 Å². The number of nitrogens with two attached hydrogens (primary N) is 1. The summed E-state index contributed by atoms with van der Waals surface area (Å²) in [5.41, 5.74) is 9.26. The van der Waals surface area contributed by atoms with E-state index in [1.54, 1.807) is 18.2 Å². The molecular formula is C36H43N3O3. The van der Waals surface area contributed by atoms with Gasteiger partial charge in [0, 0.05) is 42.7 Å². The second kappa shape index (κ2) is 14.8. The van der Waals surface area contributed by atoms with Crippen molar-refractivity contribution >= 4 is 22.6 Å². The monoisotopic (exact) mass is 565 g/mol. The third-order valence-corrected chi connectivity index (χ3v) is 7.93. The molecule has 0 heterocycles. The minimum Gasteiger partial charge on any atom is -0.391 e. The van der Waals surface area contributed by atoms with Crippen LogP contribution in [-0.4, -0.2) is 47.6 Å². The van der Waals surface area contributed by atoms with Gasteiger partial charge >= 0.3 is 0 Å². The molecule has 4 rings (SSSR count). The van der Waals surface area contributed by atoms with Gasteiger partial charge in [0.05, 0.1) is 6.10 Å². The van der Waals surface area contributed by atoms with Crippen molar-refractivity contribution in [2.24, 2.45) is 5.73 Å². The highest BCUT2D eigenvalue weighted by molar-refractivity contribution is 6.02. The number of carbonyl (C=O) groups is 2. The van der Waals surface area contributed by atoms with E-state index >= 15 is 0 Å². The first-order valence-corrected chi connectivity index (χ1v) is 15.0. The molecule has 0 unspecified atom stereocenters. The average molecular weight is 566 g/mol. The molecule has 42 heavy (non-hydrogen) atoms. The van der Waals surface area contributed by atoms with E-state index in [0.717, 1.165) is 34.7 Å². The van der Waals surface area contributed by atoms with E-state index in [2.05, 4.69) is 36.5 Å². The summed E-state index contributed by atoms with van der Waals surface area (Å²) < 4.78 is 0. The number of amides is 2. The number of carbonyl (C=O) groups excluding carboxylic acids is 2. The van der Waals surface area contributed by atoms with Crippen molar-refractivity contribution in [3.8, 4) is 0 Å². The third kappa shape index (κ3) is 7.25. The van der Waals surface area contributed by atoms with Gasteiger partial charge in [-0.2, -0.15) is 0 Å². The van der Waals surface area contributed by atoms with Gasteiger partial charge in [0.2, 0.25) is 5.91 Å². The Hall–Kier alpha value is -4.00. The lowest BCUT2D eigenvalue weighted by molar-refractivity contribution is 0.0751. The Labute approximate surface area is 249 Å². The van der Waals surface area contributed by atoms with E-state index in [-0.39, 0.29) is 24.1 Å². The van der Waals surface area contributed by atoms with Crippen LogP contribution in [0.1, 0.15) is 83.0 Å². The number of rotatable bonds is 14. The topological polar surface area (TPSA) is 95.7 Å². The van der Waals surface area contributed by atoms with Gasteiger partial charge in [-0.25, -0.2) is 0 Å². The van der Waals surface area contributed by atoms with Gasteiger partial charge in [-0.15, -0.1) is 0 Å². The normalized spacial score (nSPS) is 13.4. The first kappa shape index (κ1) is 30.9. The molecule has 2 amide bonds. The zero-order valence-electron chi connectivity index (χ0n) is 24.9. The number of nitrogens with one attached hydrogen (secondary N) is 1. The smallest absolute Gasteiger partial charge is 0.254 e. The zero-order chi connectivity index (χ0) is 30.1. The largest absolute Gasteiger partial charge is 0.391 e. The standard InChI is InChI=1S/C36H43N3O3/c1-4-21-39(22-5-2)36(42)31-20-12-19-30(35(37)41)34(31)32(23-26-13-7-6-8-14-26)33(40)24-38-25(3)28-18-11-16-27-15-9-10-17-29(27)28/h6-20,25,32-33,38,40H,4-5,21-24H2,1-3H3,(H2,37,41)/t25-,32-,33+/m1/s1. The van der Waals surface area contributed by atoms with Crippen LogP contribution in [0.5, 0.6) is 0 Å². The van der Waals surface area contributed by atoms with Gasteiger partial charge in [0.1, 0.15) is 0 Å². The summed E-state index contributed by atoms with van der Waals surface area (Å²) in [4.78, 5) is 28.6. The molecule has 0 radical (unpaired) electrons.